The molecule has 0 saturated carbocycles. The molecular formula is C18H34N4O3. The Balaban J connectivity index is 1.60. The molecule has 144 valence electrons. The topological polar surface area (TPSA) is 66.4 Å². The first kappa shape index (κ1) is 20.0. The van der Waals surface area contributed by atoms with Crippen LogP contribution in [-0.2, 0) is 14.3 Å². The Morgan fingerprint density at radius 3 is 2.56 bits per heavy atom. The summed E-state index contributed by atoms with van der Waals surface area (Å²) in [6, 6.07) is 0. The van der Waals surface area contributed by atoms with Gasteiger partial charge in [0.2, 0.25) is 0 Å². The number of aliphatic imine (C=N–C) groups is 1. The summed E-state index contributed by atoms with van der Waals surface area (Å²) < 4.78 is 10.5. The third kappa shape index (κ3) is 6.82. The second-order valence-corrected chi connectivity index (χ2v) is 6.65. The van der Waals surface area contributed by atoms with E-state index in [1.807, 2.05) is 14.0 Å². The summed E-state index contributed by atoms with van der Waals surface area (Å²) in [5.74, 6) is 0.949. The van der Waals surface area contributed by atoms with Gasteiger partial charge in [-0.1, -0.05) is 0 Å². The Morgan fingerprint density at radius 1 is 1.20 bits per heavy atom. The minimum Gasteiger partial charge on any atom is -0.466 e. The highest BCUT2D eigenvalue weighted by atomic mass is 16.5. The van der Waals surface area contributed by atoms with Crippen molar-refractivity contribution in [3.05, 3.63) is 0 Å². The van der Waals surface area contributed by atoms with E-state index in [4.69, 9.17) is 9.47 Å². The lowest BCUT2D eigenvalue weighted by atomic mass is 9.97. The Bertz CT molecular complexity index is 417. The predicted octanol–water partition coefficient (Wildman–Crippen LogP) is 0.949. The number of rotatable bonds is 7. The maximum absolute atomic E-state index is 11.8. The number of morpholine rings is 1. The van der Waals surface area contributed by atoms with Crippen LogP contribution in [0.1, 0.15) is 32.6 Å². The van der Waals surface area contributed by atoms with Crippen LogP contribution < -0.4 is 5.32 Å². The second-order valence-electron chi connectivity index (χ2n) is 6.65. The molecule has 1 N–H and O–H groups in total. The van der Waals surface area contributed by atoms with Crippen LogP contribution in [0.2, 0.25) is 0 Å². The number of piperidine rings is 1. The van der Waals surface area contributed by atoms with Crippen molar-refractivity contribution in [2.45, 2.75) is 32.6 Å². The highest BCUT2D eigenvalue weighted by molar-refractivity contribution is 5.80. The number of unbranched alkanes of at least 4 members (excludes halogenated alkanes) is 1. The van der Waals surface area contributed by atoms with Gasteiger partial charge in [-0.25, -0.2) is 0 Å². The van der Waals surface area contributed by atoms with E-state index in [1.165, 1.54) is 6.42 Å². The van der Waals surface area contributed by atoms with Gasteiger partial charge in [-0.3, -0.25) is 14.7 Å². The number of carbonyl (C=O) groups is 1. The molecule has 2 heterocycles. The molecule has 7 heteroatoms. The van der Waals surface area contributed by atoms with Crippen LogP contribution in [0.25, 0.3) is 0 Å². The number of nitrogens with one attached hydrogen (secondary N) is 1. The molecule has 2 aliphatic heterocycles. The van der Waals surface area contributed by atoms with Crippen molar-refractivity contribution in [3.63, 3.8) is 0 Å². The van der Waals surface area contributed by atoms with Gasteiger partial charge in [-0.15, -0.1) is 0 Å². The Labute approximate surface area is 151 Å². The number of nitrogens with zero attached hydrogens (tertiary/aromatic N) is 3. The van der Waals surface area contributed by atoms with Gasteiger partial charge in [0.15, 0.2) is 5.96 Å². The first-order valence-electron chi connectivity index (χ1n) is 9.67. The fourth-order valence-corrected chi connectivity index (χ4v) is 3.40. The monoisotopic (exact) mass is 354 g/mol. The Hall–Kier alpha value is -1.34. The zero-order chi connectivity index (χ0) is 17.9. The molecule has 0 amide bonds. The molecule has 2 saturated heterocycles. The largest absolute Gasteiger partial charge is 0.466 e. The van der Waals surface area contributed by atoms with Crippen LogP contribution in [0.15, 0.2) is 4.99 Å². The maximum atomic E-state index is 11.8. The van der Waals surface area contributed by atoms with E-state index in [2.05, 4.69) is 20.1 Å². The molecule has 0 aromatic rings. The van der Waals surface area contributed by atoms with E-state index < -0.39 is 0 Å². The molecule has 0 unspecified atom stereocenters. The van der Waals surface area contributed by atoms with Gasteiger partial charge in [0.1, 0.15) is 0 Å². The molecule has 0 bridgehead atoms. The minimum atomic E-state index is -0.0480. The number of likely N-dealkylation sites (tertiary alicyclic amines) is 1. The fourth-order valence-electron chi connectivity index (χ4n) is 3.40. The Kier molecular flexibility index (Phi) is 9.04. The van der Waals surface area contributed by atoms with Gasteiger partial charge < -0.3 is 19.7 Å². The van der Waals surface area contributed by atoms with Gasteiger partial charge in [0, 0.05) is 39.8 Å². The van der Waals surface area contributed by atoms with Gasteiger partial charge in [-0.05, 0) is 39.2 Å². The molecule has 0 radical (unpaired) electrons. The minimum absolute atomic E-state index is 0.0443. The molecule has 7 nitrogen and oxygen atoms in total. The first-order valence-corrected chi connectivity index (χ1v) is 9.67. The van der Waals surface area contributed by atoms with Crippen LogP contribution in [0.3, 0.4) is 0 Å². The average molecular weight is 354 g/mol. The summed E-state index contributed by atoms with van der Waals surface area (Å²) in [5, 5.41) is 3.46. The first-order chi connectivity index (χ1) is 12.2. The lowest BCUT2D eigenvalue weighted by molar-refractivity contribution is -0.149. The number of ether oxygens (including phenoxy) is 2. The van der Waals surface area contributed by atoms with Crippen LogP contribution in [0.5, 0.6) is 0 Å². The fraction of sp³-hybridized carbons (Fsp3) is 0.889. The lowest BCUT2D eigenvalue weighted by Crippen LogP contribution is -2.47. The highest BCUT2D eigenvalue weighted by Gasteiger charge is 2.27. The van der Waals surface area contributed by atoms with Gasteiger partial charge in [0.05, 0.1) is 25.7 Å². The molecule has 0 aromatic carbocycles. The number of esters is 1. The van der Waals surface area contributed by atoms with Crippen LogP contribution >= 0.6 is 0 Å². The van der Waals surface area contributed by atoms with Gasteiger partial charge >= 0.3 is 5.97 Å². The van der Waals surface area contributed by atoms with E-state index >= 15 is 0 Å². The zero-order valence-corrected chi connectivity index (χ0v) is 15.8. The molecule has 0 aliphatic carbocycles. The van der Waals surface area contributed by atoms with Crippen molar-refractivity contribution >= 4 is 11.9 Å². The number of hydrogen-bond acceptors (Lipinski definition) is 5. The predicted molar refractivity (Wildman–Crippen MR) is 98.8 cm³/mol. The summed E-state index contributed by atoms with van der Waals surface area (Å²) in [7, 11) is 1.83. The molecule has 2 aliphatic rings. The van der Waals surface area contributed by atoms with E-state index in [-0.39, 0.29) is 11.9 Å². The summed E-state index contributed by atoms with van der Waals surface area (Å²) in [4.78, 5) is 20.9. The second kappa shape index (κ2) is 11.3. The molecule has 25 heavy (non-hydrogen) atoms. The quantitative estimate of drug-likeness (QED) is 0.318. The van der Waals surface area contributed by atoms with Crippen molar-refractivity contribution in [2.24, 2.45) is 10.9 Å². The number of guanidine groups is 1. The average Bonchev–Trinajstić information content (AvgIpc) is 2.66. The zero-order valence-electron chi connectivity index (χ0n) is 15.8. The summed E-state index contributed by atoms with van der Waals surface area (Å²) in [5.41, 5.74) is 0. The maximum Gasteiger partial charge on any atom is 0.309 e. The molecule has 0 aromatic heterocycles. The van der Waals surface area contributed by atoms with E-state index in [0.717, 1.165) is 77.7 Å². The van der Waals surface area contributed by atoms with Crippen molar-refractivity contribution in [3.8, 4) is 0 Å². The highest BCUT2D eigenvalue weighted by Crippen LogP contribution is 2.18. The molecule has 0 atom stereocenters. The smallest absolute Gasteiger partial charge is 0.309 e. The Morgan fingerprint density at radius 2 is 1.92 bits per heavy atom. The van der Waals surface area contributed by atoms with E-state index in [1.54, 1.807) is 0 Å². The molecule has 0 spiro atoms. The molecule has 2 fully saturated rings. The molecule has 2 rings (SSSR count). The summed E-state index contributed by atoms with van der Waals surface area (Å²) >= 11 is 0. The van der Waals surface area contributed by atoms with Crippen LogP contribution in [0.4, 0.5) is 0 Å². The lowest BCUT2D eigenvalue weighted by Gasteiger charge is -2.33. The van der Waals surface area contributed by atoms with Gasteiger partial charge in [0.25, 0.3) is 0 Å². The van der Waals surface area contributed by atoms with Crippen LogP contribution in [0, 0.1) is 5.92 Å². The number of hydrogen-bond donors (Lipinski definition) is 1. The van der Waals surface area contributed by atoms with Crippen molar-refractivity contribution in [1.82, 2.24) is 15.1 Å². The summed E-state index contributed by atoms with van der Waals surface area (Å²) in [6.07, 6.45) is 4.01. The van der Waals surface area contributed by atoms with Crippen molar-refractivity contribution in [2.75, 3.05) is 66.1 Å². The molecular weight excluding hydrogens is 320 g/mol. The van der Waals surface area contributed by atoms with Crippen molar-refractivity contribution in [1.29, 1.82) is 0 Å². The van der Waals surface area contributed by atoms with E-state index in [9.17, 15) is 4.79 Å². The normalized spacial score (nSPS) is 20.6. The third-order valence-electron chi connectivity index (χ3n) is 4.91. The van der Waals surface area contributed by atoms with E-state index in [0.29, 0.717) is 6.61 Å². The number of carbonyl (C=O) groups excluding carboxylic acids is 1. The van der Waals surface area contributed by atoms with Crippen LogP contribution in [-0.4, -0.2) is 87.9 Å². The van der Waals surface area contributed by atoms with Crippen molar-refractivity contribution < 1.29 is 14.3 Å². The SMILES string of the molecule is CCOC(=O)C1CCN(C(=NC)NCCCCN2CCOCC2)CC1. The van der Waals surface area contributed by atoms with Gasteiger partial charge in [-0.2, -0.15) is 0 Å². The third-order valence-corrected chi connectivity index (χ3v) is 4.91. The standard InChI is InChI=1S/C18H34N4O3/c1-3-25-17(23)16-6-10-22(11-7-16)18(19-2)20-8-4-5-9-21-12-14-24-15-13-21/h16H,3-15H2,1-2H3,(H,19,20). The summed E-state index contributed by atoms with van der Waals surface area (Å²) in [6.45, 7) is 9.98.